The molecule has 1 amide bonds. The second-order valence-electron chi connectivity index (χ2n) is 4.38. The lowest BCUT2D eigenvalue weighted by Crippen LogP contribution is -2.26. The zero-order valence-corrected chi connectivity index (χ0v) is 12.2. The molecule has 0 radical (unpaired) electrons. The standard InChI is InChI=1S/C15H12Cl2FNO/c1-19(9-10-4-2-3-5-13(10)16)15(20)12-7-6-11(18)8-14(12)17/h2-8H,9H2,1H3. The lowest BCUT2D eigenvalue weighted by atomic mass is 10.1. The fraction of sp³-hybridized carbons (Fsp3) is 0.133. The molecule has 5 heteroatoms. The zero-order chi connectivity index (χ0) is 14.7. The number of amides is 1. The molecule has 0 aliphatic heterocycles. The van der Waals surface area contributed by atoms with E-state index in [1.54, 1.807) is 13.1 Å². The minimum Gasteiger partial charge on any atom is -0.337 e. The van der Waals surface area contributed by atoms with Gasteiger partial charge in [0.05, 0.1) is 10.6 Å². The monoisotopic (exact) mass is 311 g/mol. The first-order chi connectivity index (χ1) is 9.49. The number of carbonyl (C=O) groups excluding carboxylic acids is 1. The molecule has 0 N–H and O–H groups in total. The third-order valence-electron chi connectivity index (χ3n) is 2.87. The van der Waals surface area contributed by atoms with E-state index in [4.69, 9.17) is 23.2 Å². The van der Waals surface area contributed by atoms with Gasteiger partial charge in [0.2, 0.25) is 0 Å². The number of hydrogen-bond donors (Lipinski definition) is 0. The largest absolute Gasteiger partial charge is 0.337 e. The van der Waals surface area contributed by atoms with Crippen molar-refractivity contribution in [1.29, 1.82) is 0 Å². The first kappa shape index (κ1) is 14.8. The van der Waals surface area contributed by atoms with Gasteiger partial charge in [0.15, 0.2) is 0 Å². The van der Waals surface area contributed by atoms with Crippen LogP contribution in [0.4, 0.5) is 4.39 Å². The molecule has 0 bridgehead atoms. The fourth-order valence-electron chi connectivity index (χ4n) is 1.82. The number of hydrogen-bond acceptors (Lipinski definition) is 1. The average molecular weight is 312 g/mol. The van der Waals surface area contributed by atoms with E-state index < -0.39 is 5.82 Å². The molecule has 20 heavy (non-hydrogen) atoms. The van der Waals surface area contributed by atoms with Crippen LogP contribution in [-0.4, -0.2) is 17.9 Å². The van der Waals surface area contributed by atoms with E-state index in [1.807, 2.05) is 18.2 Å². The first-order valence-electron chi connectivity index (χ1n) is 5.93. The van der Waals surface area contributed by atoms with Gasteiger partial charge in [-0.25, -0.2) is 4.39 Å². The summed E-state index contributed by atoms with van der Waals surface area (Å²) in [6.07, 6.45) is 0. The molecule has 0 aromatic heterocycles. The minimum atomic E-state index is -0.472. The average Bonchev–Trinajstić information content (AvgIpc) is 2.40. The van der Waals surface area contributed by atoms with Gasteiger partial charge in [0, 0.05) is 18.6 Å². The van der Waals surface area contributed by atoms with Crippen molar-refractivity contribution in [3.05, 3.63) is 69.5 Å². The summed E-state index contributed by atoms with van der Waals surface area (Å²) in [4.78, 5) is 13.8. The van der Waals surface area contributed by atoms with Gasteiger partial charge in [-0.2, -0.15) is 0 Å². The molecule has 0 saturated carbocycles. The Morgan fingerprint density at radius 3 is 2.50 bits per heavy atom. The summed E-state index contributed by atoms with van der Waals surface area (Å²) >= 11 is 11.9. The highest BCUT2D eigenvalue weighted by atomic mass is 35.5. The van der Waals surface area contributed by atoms with Crippen LogP contribution in [-0.2, 0) is 6.54 Å². The quantitative estimate of drug-likeness (QED) is 0.822. The Labute approximate surface area is 126 Å². The van der Waals surface area contributed by atoms with Gasteiger partial charge in [-0.15, -0.1) is 0 Å². The van der Waals surface area contributed by atoms with Gasteiger partial charge in [-0.05, 0) is 29.8 Å². The topological polar surface area (TPSA) is 20.3 Å². The molecule has 0 atom stereocenters. The molecule has 2 aromatic carbocycles. The third kappa shape index (κ3) is 3.30. The number of halogens is 3. The van der Waals surface area contributed by atoms with Crippen LogP contribution in [0.25, 0.3) is 0 Å². The van der Waals surface area contributed by atoms with Crippen LogP contribution in [0.2, 0.25) is 10.0 Å². The van der Waals surface area contributed by atoms with E-state index in [1.165, 1.54) is 17.0 Å². The lowest BCUT2D eigenvalue weighted by Gasteiger charge is -2.18. The molecular weight excluding hydrogens is 300 g/mol. The molecule has 104 valence electrons. The van der Waals surface area contributed by atoms with Crippen molar-refractivity contribution in [2.45, 2.75) is 6.54 Å². The Morgan fingerprint density at radius 1 is 1.15 bits per heavy atom. The van der Waals surface area contributed by atoms with Crippen molar-refractivity contribution < 1.29 is 9.18 Å². The number of rotatable bonds is 3. The highest BCUT2D eigenvalue weighted by Crippen LogP contribution is 2.21. The normalized spacial score (nSPS) is 10.4. The van der Waals surface area contributed by atoms with Gasteiger partial charge in [-0.3, -0.25) is 4.79 Å². The van der Waals surface area contributed by atoms with Crippen LogP contribution in [0.15, 0.2) is 42.5 Å². The third-order valence-corrected chi connectivity index (χ3v) is 3.56. The highest BCUT2D eigenvalue weighted by molar-refractivity contribution is 6.33. The van der Waals surface area contributed by atoms with Crippen LogP contribution in [0.1, 0.15) is 15.9 Å². The maximum atomic E-state index is 13.0. The fourth-order valence-corrected chi connectivity index (χ4v) is 2.27. The maximum absolute atomic E-state index is 13.0. The van der Waals surface area contributed by atoms with Crippen molar-refractivity contribution in [3.8, 4) is 0 Å². The molecule has 0 spiro atoms. The van der Waals surface area contributed by atoms with Gasteiger partial charge in [-0.1, -0.05) is 41.4 Å². The van der Waals surface area contributed by atoms with Crippen LogP contribution in [0.5, 0.6) is 0 Å². The summed E-state index contributed by atoms with van der Waals surface area (Å²) in [7, 11) is 1.64. The van der Waals surface area contributed by atoms with Crippen molar-refractivity contribution in [1.82, 2.24) is 4.90 Å². The summed E-state index contributed by atoms with van der Waals surface area (Å²) in [5.74, 6) is -0.754. The molecular formula is C15H12Cl2FNO. The summed E-state index contributed by atoms with van der Waals surface area (Å²) in [6.45, 7) is 0.353. The molecule has 0 saturated heterocycles. The molecule has 0 aliphatic rings. The van der Waals surface area contributed by atoms with Gasteiger partial charge >= 0.3 is 0 Å². The summed E-state index contributed by atoms with van der Waals surface area (Å²) in [6, 6.07) is 11.0. The second kappa shape index (κ2) is 6.25. The van der Waals surface area contributed by atoms with E-state index in [0.717, 1.165) is 11.6 Å². The molecule has 2 rings (SSSR count). The van der Waals surface area contributed by atoms with E-state index in [0.29, 0.717) is 11.6 Å². The summed E-state index contributed by atoms with van der Waals surface area (Å²) < 4.78 is 13.0. The number of nitrogens with zero attached hydrogens (tertiary/aromatic N) is 1. The van der Waals surface area contributed by atoms with E-state index in [2.05, 4.69) is 0 Å². The van der Waals surface area contributed by atoms with Crippen LogP contribution in [0, 0.1) is 5.82 Å². The molecule has 0 aliphatic carbocycles. The van der Waals surface area contributed by atoms with E-state index in [9.17, 15) is 9.18 Å². The Balaban J connectivity index is 2.19. The Bertz CT molecular complexity index is 646. The highest BCUT2D eigenvalue weighted by Gasteiger charge is 2.16. The van der Waals surface area contributed by atoms with Crippen molar-refractivity contribution in [2.75, 3.05) is 7.05 Å². The van der Waals surface area contributed by atoms with Crippen LogP contribution < -0.4 is 0 Å². The van der Waals surface area contributed by atoms with Gasteiger partial charge < -0.3 is 4.90 Å². The number of carbonyl (C=O) groups is 1. The zero-order valence-electron chi connectivity index (χ0n) is 10.7. The second-order valence-corrected chi connectivity index (χ2v) is 5.19. The van der Waals surface area contributed by atoms with Crippen LogP contribution >= 0.6 is 23.2 Å². The Kier molecular flexibility index (Phi) is 4.63. The smallest absolute Gasteiger partial charge is 0.255 e. The predicted molar refractivity (Wildman–Crippen MR) is 78.7 cm³/mol. The Morgan fingerprint density at radius 2 is 1.85 bits per heavy atom. The summed E-state index contributed by atoms with van der Waals surface area (Å²) in [5, 5.41) is 0.693. The molecule has 0 fully saturated rings. The molecule has 0 heterocycles. The molecule has 2 aromatic rings. The molecule has 0 unspecified atom stereocenters. The Hall–Kier alpha value is -1.58. The van der Waals surface area contributed by atoms with Crippen molar-refractivity contribution in [2.24, 2.45) is 0 Å². The maximum Gasteiger partial charge on any atom is 0.255 e. The lowest BCUT2D eigenvalue weighted by molar-refractivity contribution is 0.0785. The summed E-state index contributed by atoms with van der Waals surface area (Å²) in [5.41, 5.74) is 1.10. The minimum absolute atomic E-state index is 0.0982. The van der Waals surface area contributed by atoms with Crippen molar-refractivity contribution >= 4 is 29.1 Å². The molecule has 2 nitrogen and oxygen atoms in total. The predicted octanol–water partition coefficient (Wildman–Crippen LogP) is 4.40. The van der Waals surface area contributed by atoms with Gasteiger partial charge in [0.25, 0.3) is 5.91 Å². The van der Waals surface area contributed by atoms with Crippen LogP contribution in [0.3, 0.4) is 0 Å². The first-order valence-corrected chi connectivity index (χ1v) is 6.68. The van der Waals surface area contributed by atoms with E-state index >= 15 is 0 Å². The van der Waals surface area contributed by atoms with Crippen molar-refractivity contribution in [3.63, 3.8) is 0 Å². The SMILES string of the molecule is CN(Cc1ccccc1Cl)C(=O)c1ccc(F)cc1Cl. The number of benzene rings is 2. The van der Waals surface area contributed by atoms with Gasteiger partial charge in [0.1, 0.15) is 5.82 Å². The van der Waals surface area contributed by atoms with E-state index in [-0.39, 0.29) is 16.5 Å².